The van der Waals surface area contributed by atoms with Crippen LogP contribution in [0.25, 0.3) is 0 Å². The summed E-state index contributed by atoms with van der Waals surface area (Å²) >= 11 is 6.17. The highest BCUT2D eigenvalue weighted by Crippen LogP contribution is 2.22. The van der Waals surface area contributed by atoms with Crippen molar-refractivity contribution in [2.75, 3.05) is 11.9 Å². The van der Waals surface area contributed by atoms with E-state index >= 15 is 0 Å². The van der Waals surface area contributed by atoms with Gasteiger partial charge >= 0.3 is 0 Å². The minimum absolute atomic E-state index is 0. The van der Waals surface area contributed by atoms with Gasteiger partial charge in [0, 0.05) is 18.8 Å². The molecule has 0 bridgehead atoms. The van der Waals surface area contributed by atoms with Gasteiger partial charge in [-0.25, -0.2) is 0 Å². The zero-order valence-electron chi connectivity index (χ0n) is 14.3. The van der Waals surface area contributed by atoms with E-state index in [1.165, 1.54) is 11.1 Å². The molecule has 3 rings (SSSR count). The summed E-state index contributed by atoms with van der Waals surface area (Å²) in [6.07, 6.45) is 0.646. The molecule has 0 aliphatic carbocycles. The number of benzene rings is 2. The molecular weight excluding hydrogens is 373 g/mol. The average Bonchev–Trinajstić information content (AvgIpc) is 2.61. The molecule has 0 unspecified atom stereocenters. The van der Waals surface area contributed by atoms with Crippen LogP contribution >= 0.6 is 24.0 Å². The van der Waals surface area contributed by atoms with E-state index in [1.807, 2.05) is 19.1 Å². The molecule has 1 heterocycles. The summed E-state index contributed by atoms with van der Waals surface area (Å²) in [7, 11) is 0. The van der Waals surface area contributed by atoms with Crippen molar-refractivity contribution in [3.05, 3.63) is 64.2 Å². The van der Waals surface area contributed by atoms with Crippen molar-refractivity contribution in [2.24, 2.45) is 0 Å². The van der Waals surface area contributed by atoms with E-state index < -0.39 is 0 Å². The molecule has 1 aliphatic heterocycles. The maximum Gasteiger partial charge on any atom is 0.252 e. The van der Waals surface area contributed by atoms with Crippen LogP contribution in [-0.4, -0.2) is 24.4 Å². The van der Waals surface area contributed by atoms with Gasteiger partial charge in [0.15, 0.2) is 0 Å². The number of fused-ring (bicyclic) bond motifs is 1. The molecule has 0 radical (unpaired) electrons. The molecule has 0 fully saturated rings. The quantitative estimate of drug-likeness (QED) is 0.746. The van der Waals surface area contributed by atoms with E-state index in [9.17, 15) is 9.59 Å². The molecule has 26 heavy (non-hydrogen) atoms. The standard InChI is InChI=1S/C19H20ClN3O2.ClH/c1-2-21-18(24)15-8-7-14(10-16(15)20)23-19(25)17-9-12-5-3-4-6-13(12)11-22-17;/h3-8,10,17,22H,2,9,11H2,1H3,(H,21,24)(H,23,25);1H/t17-;/m1./s1. The second-order valence-electron chi connectivity index (χ2n) is 5.95. The summed E-state index contributed by atoms with van der Waals surface area (Å²) < 4.78 is 0. The first-order valence-electron chi connectivity index (χ1n) is 8.27. The van der Waals surface area contributed by atoms with Crippen LogP contribution in [0.4, 0.5) is 5.69 Å². The molecule has 7 heteroatoms. The predicted molar refractivity (Wildman–Crippen MR) is 106 cm³/mol. The summed E-state index contributed by atoms with van der Waals surface area (Å²) in [6.45, 7) is 3.04. The molecule has 2 aromatic rings. The molecule has 2 aromatic carbocycles. The van der Waals surface area contributed by atoms with E-state index in [0.717, 1.165) is 0 Å². The maximum absolute atomic E-state index is 12.5. The Morgan fingerprint density at radius 3 is 2.62 bits per heavy atom. The Bertz CT molecular complexity index is 811. The van der Waals surface area contributed by atoms with Crippen molar-refractivity contribution in [1.82, 2.24) is 10.6 Å². The summed E-state index contributed by atoms with van der Waals surface area (Å²) in [5.74, 6) is -0.340. The highest BCUT2D eigenvalue weighted by atomic mass is 35.5. The van der Waals surface area contributed by atoms with Crippen molar-refractivity contribution < 1.29 is 9.59 Å². The van der Waals surface area contributed by atoms with Crippen LogP contribution in [0.1, 0.15) is 28.4 Å². The van der Waals surface area contributed by atoms with Gasteiger partial charge in [0.1, 0.15) is 0 Å². The van der Waals surface area contributed by atoms with Crippen LogP contribution in [0, 0.1) is 0 Å². The fourth-order valence-electron chi connectivity index (χ4n) is 2.90. The SMILES string of the molecule is CCNC(=O)c1ccc(NC(=O)[C@H]2Cc3ccccc3CN2)cc1Cl.Cl. The van der Waals surface area contributed by atoms with E-state index in [2.05, 4.69) is 28.1 Å². The molecule has 5 nitrogen and oxygen atoms in total. The van der Waals surface area contributed by atoms with E-state index in [4.69, 9.17) is 11.6 Å². The molecule has 3 N–H and O–H groups in total. The van der Waals surface area contributed by atoms with Crippen molar-refractivity contribution in [1.29, 1.82) is 0 Å². The monoisotopic (exact) mass is 393 g/mol. The predicted octanol–water partition coefficient (Wildman–Crippen LogP) is 3.16. The van der Waals surface area contributed by atoms with Crippen molar-refractivity contribution in [3.8, 4) is 0 Å². The number of amides is 2. The first-order chi connectivity index (χ1) is 12.1. The molecule has 1 atom stereocenters. The Kier molecular flexibility index (Phi) is 7.03. The number of hydrogen-bond acceptors (Lipinski definition) is 3. The third-order valence-corrected chi connectivity index (χ3v) is 4.53. The lowest BCUT2D eigenvalue weighted by atomic mass is 9.95. The zero-order valence-corrected chi connectivity index (χ0v) is 15.9. The minimum Gasteiger partial charge on any atom is -0.352 e. The van der Waals surface area contributed by atoms with Gasteiger partial charge < -0.3 is 16.0 Å². The summed E-state index contributed by atoms with van der Waals surface area (Å²) in [6, 6.07) is 12.7. The molecule has 1 aliphatic rings. The maximum atomic E-state index is 12.5. The largest absolute Gasteiger partial charge is 0.352 e. The highest BCUT2D eigenvalue weighted by molar-refractivity contribution is 6.34. The molecular formula is C19H21Cl2N3O2. The van der Waals surface area contributed by atoms with Crippen LogP contribution < -0.4 is 16.0 Å². The number of nitrogens with one attached hydrogen (secondary N) is 3. The van der Waals surface area contributed by atoms with Gasteiger partial charge in [0.2, 0.25) is 5.91 Å². The van der Waals surface area contributed by atoms with Crippen molar-refractivity contribution in [3.63, 3.8) is 0 Å². The lowest BCUT2D eigenvalue weighted by Gasteiger charge is -2.25. The van der Waals surface area contributed by atoms with Crippen LogP contribution in [0.15, 0.2) is 42.5 Å². The minimum atomic E-state index is -0.295. The fraction of sp³-hybridized carbons (Fsp3) is 0.263. The van der Waals surface area contributed by atoms with Gasteiger partial charge in [-0.1, -0.05) is 35.9 Å². The number of anilines is 1. The molecule has 0 aromatic heterocycles. The number of carbonyl (C=O) groups excluding carboxylic acids is 2. The normalized spacial score (nSPS) is 15.4. The lowest BCUT2D eigenvalue weighted by molar-refractivity contribution is -0.118. The van der Waals surface area contributed by atoms with E-state index in [-0.39, 0.29) is 30.3 Å². The van der Waals surface area contributed by atoms with E-state index in [1.54, 1.807) is 18.2 Å². The highest BCUT2D eigenvalue weighted by Gasteiger charge is 2.24. The number of halogens is 2. The third kappa shape index (κ3) is 4.55. The van der Waals surface area contributed by atoms with Crippen LogP contribution in [0.5, 0.6) is 0 Å². The topological polar surface area (TPSA) is 70.2 Å². The molecule has 2 amide bonds. The molecule has 0 spiro atoms. The van der Waals surface area contributed by atoms with Crippen LogP contribution in [0.2, 0.25) is 5.02 Å². The second kappa shape index (κ2) is 9.03. The summed E-state index contributed by atoms with van der Waals surface area (Å²) in [5, 5.41) is 9.13. The lowest BCUT2D eigenvalue weighted by Crippen LogP contribution is -2.44. The first kappa shape index (κ1) is 20.2. The van der Waals surface area contributed by atoms with Gasteiger partial charge in [-0.3, -0.25) is 9.59 Å². The van der Waals surface area contributed by atoms with Crippen molar-refractivity contribution >= 4 is 41.5 Å². The fourth-order valence-corrected chi connectivity index (χ4v) is 3.17. The number of carbonyl (C=O) groups is 2. The Morgan fingerprint density at radius 1 is 1.19 bits per heavy atom. The van der Waals surface area contributed by atoms with Gasteiger partial charge in [-0.05, 0) is 42.7 Å². The van der Waals surface area contributed by atoms with Gasteiger partial charge in [0.05, 0.1) is 16.6 Å². The smallest absolute Gasteiger partial charge is 0.252 e. The van der Waals surface area contributed by atoms with Gasteiger partial charge in [-0.2, -0.15) is 0 Å². The van der Waals surface area contributed by atoms with Gasteiger partial charge in [-0.15, -0.1) is 12.4 Å². The molecule has 138 valence electrons. The van der Waals surface area contributed by atoms with E-state index in [0.29, 0.717) is 35.8 Å². The first-order valence-corrected chi connectivity index (χ1v) is 8.65. The zero-order chi connectivity index (χ0) is 17.8. The van der Waals surface area contributed by atoms with Crippen LogP contribution in [0.3, 0.4) is 0 Å². The summed E-state index contributed by atoms with van der Waals surface area (Å²) in [4.78, 5) is 24.4. The number of hydrogen-bond donors (Lipinski definition) is 3. The Balaban J connectivity index is 0.00000243. The molecule has 0 saturated carbocycles. The Morgan fingerprint density at radius 2 is 1.92 bits per heavy atom. The summed E-state index contributed by atoms with van der Waals surface area (Å²) in [5.41, 5.74) is 3.38. The van der Waals surface area contributed by atoms with Crippen molar-refractivity contribution in [2.45, 2.75) is 25.9 Å². The second-order valence-corrected chi connectivity index (χ2v) is 6.36. The Hall–Kier alpha value is -2.08. The number of rotatable bonds is 4. The molecule has 0 saturated heterocycles. The Labute approximate surface area is 163 Å². The van der Waals surface area contributed by atoms with Crippen LogP contribution in [-0.2, 0) is 17.8 Å². The van der Waals surface area contributed by atoms with Gasteiger partial charge in [0.25, 0.3) is 5.91 Å². The average molecular weight is 394 g/mol. The third-order valence-electron chi connectivity index (χ3n) is 4.22.